The van der Waals surface area contributed by atoms with Crippen LogP contribution < -0.4 is 5.32 Å². The summed E-state index contributed by atoms with van der Waals surface area (Å²) in [6.07, 6.45) is -2.65. The molecule has 0 saturated carbocycles. The zero-order chi connectivity index (χ0) is 23.6. The zero-order valence-corrected chi connectivity index (χ0v) is 18.4. The molecule has 2 heterocycles. The van der Waals surface area contributed by atoms with Gasteiger partial charge < -0.3 is 10.1 Å². The summed E-state index contributed by atoms with van der Waals surface area (Å²) < 4.78 is 44.4. The molecule has 0 atom stereocenters. The molecule has 4 rings (SSSR count). The number of hydrogen-bond acceptors (Lipinski definition) is 5. The van der Waals surface area contributed by atoms with Crippen LogP contribution in [0.1, 0.15) is 30.8 Å². The van der Waals surface area contributed by atoms with Gasteiger partial charge in [-0.3, -0.25) is 4.98 Å². The third-order valence-electron chi connectivity index (χ3n) is 5.05. The Labute approximate surface area is 189 Å². The largest absolute Gasteiger partial charge is 0.416 e. The van der Waals surface area contributed by atoms with Crippen molar-refractivity contribution in [1.29, 1.82) is 0 Å². The molecule has 0 fully saturated rings. The molecule has 0 spiro atoms. The normalized spacial score (nSPS) is 11.8. The third kappa shape index (κ3) is 5.28. The highest BCUT2D eigenvalue weighted by molar-refractivity contribution is 5.93. The van der Waals surface area contributed by atoms with Crippen LogP contribution in [0.4, 0.5) is 24.7 Å². The van der Waals surface area contributed by atoms with Crippen LogP contribution >= 0.6 is 0 Å². The number of ether oxygens (including phenoxy) is 1. The van der Waals surface area contributed by atoms with Crippen molar-refractivity contribution in [2.75, 3.05) is 5.32 Å². The fourth-order valence-corrected chi connectivity index (χ4v) is 3.39. The van der Waals surface area contributed by atoms with Crippen molar-refractivity contribution in [3.63, 3.8) is 0 Å². The molecule has 8 heteroatoms. The van der Waals surface area contributed by atoms with Crippen molar-refractivity contribution in [3.8, 4) is 11.3 Å². The molecule has 0 aliphatic carbocycles. The first-order valence-corrected chi connectivity index (χ1v) is 10.5. The van der Waals surface area contributed by atoms with E-state index in [0.29, 0.717) is 22.8 Å². The van der Waals surface area contributed by atoms with Gasteiger partial charge in [0.1, 0.15) is 12.4 Å². The Morgan fingerprint density at radius 2 is 1.76 bits per heavy atom. The van der Waals surface area contributed by atoms with Gasteiger partial charge in [0.05, 0.1) is 22.9 Å². The Kier molecular flexibility index (Phi) is 6.29. The Balaban J connectivity index is 1.76. The van der Waals surface area contributed by atoms with Crippen molar-refractivity contribution >= 4 is 22.4 Å². The highest BCUT2D eigenvalue weighted by Crippen LogP contribution is 2.32. The number of aryl methyl sites for hydroxylation is 1. The van der Waals surface area contributed by atoms with E-state index in [2.05, 4.69) is 20.3 Å². The van der Waals surface area contributed by atoms with E-state index in [1.54, 1.807) is 6.20 Å². The minimum absolute atomic E-state index is 0.00174. The number of alkyl halides is 3. The van der Waals surface area contributed by atoms with E-state index in [1.807, 2.05) is 51.1 Å². The molecule has 2 aromatic carbocycles. The first kappa shape index (κ1) is 22.7. The number of aromatic nitrogens is 3. The van der Waals surface area contributed by atoms with Gasteiger partial charge in [-0.05, 0) is 68.8 Å². The Morgan fingerprint density at radius 1 is 1.00 bits per heavy atom. The smallest absolute Gasteiger partial charge is 0.371 e. The topological polar surface area (TPSA) is 59.9 Å². The standard InChI is InChI=1S/C25H23F3N4O/c1-15(2)33-14-22-31-21-13-17(23-16(3)5-4-12-29-23)6-11-20(21)24(32-22)30-19-9-7-18(8-10-19)25(26,27)28/h4-13,15H,14H2,1-3H3,(H,30,31,32). The summed E-state index contributed by atoms with van der Waals surface area (Å²) in [5, 5.41) is 3.87. The average molecular weight is 452 g/mol. The number of halogens is 3. The molecular formula is C25H23F3N4O. The second kappa shape index (κ2) is 9.15. The molecule has 5 nitrogen and oxygen atoms in total. The van der Waals surface area contributed by atoms with Gasteiger partial charge in [-0.15, -0.1) is 0 Å². The second-order valence-corrected chi connectivity index (χ2v) is 7.95. The van der Waals surface area contributed by atoms with Crippen molar-refractivity contribution < 1.29 is 17.9 Å². The Morgan fingerprint density at radius 3 is 2.42 bits per heavy atom. The molecule has 0 unspecified atom stereocenters. The summed E-state index contributed by atoms with van der Waals surface area (Å²) in [5.41, 5.74) is 3.28. The zero-order valence-electron chi connectivity index (χ0n) is 18.4. The molecule has 0 aliphatic rings. The SMILES string of the molecule is Cc1cccnc1-c1ccc2c(Nc3ccc(C(F)(F)F)cc3)nc(COC(C)C)nc2c1. The molecule has 0 amide bonds. The fraction of sp³-hybridized carbons (Fsp3) is 0.240. The molecule has 0 saturated heterocycles. The number of pyridine rings is 1. The van der Waals surface area contributed by atoms with Crippen LogP contribution in [0.3, 0.4) is 0 Å². The fourth-order valence-electron chi connectivity index (χ4n) is 3.39. The van der Waals surface area contributed by atoms with Gasteiger partial charge >= 0.3 is 6.18 Å². The minimum atomic E-state index is -4.39. The maximum Gasteiger partial charge on any atom is 0.416 e. The lowest BCUT2D eigenvalue weighted by Crippen LogP contribution is -2.08. The monoisotopic (exact) mass is 452 g/mol. The van der Waals surface area contributed by atoms with Crippen molar-refractivity contribution in [3.05, 3.63) is 77.7 Å². The number of benzene rings is 2. The summed E-state index contributed by atoms with van der Waals surface area (Å²) in [6, 6.07) is 14.5. The maximum absolute atomic E-state index is 12.9. The summed E-state index contributed by atoms with van der Waals surface area (Å²) in [5.74, 6) is 0.965. The van der Waals surface area contributed by atoms with Crippen LogP contribution in [0.5, 0.6) is 0 Å². The lowest BCUT2D eigenvalue weighted by atomic mass is 10.0. The Hall–Kier alpha value is -3.52. The summed E-state index contributed by atoms with van der Waals surface area (Å²) in [7, 11) is 0. The predicted octanol–water partition coefficient (Wildman–Crippen LogP) is 6.69. The first-order chi connectivity index (χ1) is 15.7. The highest BCUT2D eigenvalue weighted by atomic mass is 19.4. The van der Waals surface area contributed by atoms with E-state index in [0.717, 1.165) is 34.3 Å². The molecule has 170 valence electrons. The van der Waals surface area contributed by atoms with Crippen LogP contribution in [0.25, 0.3) is 22.2 Å². The average Bonchev–Trinajstić information content (AvgIpc) is 2.77. The van der Waals surface area contributed by atoms with Crippen LogP contribution in [-0.4, -0.2) is 21.1 Å². The van der Waals surface area contributed by atoms with Crippen LogP contribution in [-0.2, 0) is 17.5 Å². The quantitative estimate of drug-likeness (QED) is 0.353. The van der Waals surface area contributed by atoms with Gasteiger partial charge in [-0.2, -0.15) is 13.2 Å². The molecule has 0 bridgehead atoms. The van der Waals surface area contributed by atoms with Crippen LogP contribution in [0, 0.1) is 6.92 Å². The second-order valence-electron chi connectivity index (χ2n) is 7.95. The van der Waals surface area contributed by atoms with E-state index in [9.17, 15) is 13.2 Å². The van der Waals surface area contributed by atoms with E-state index >= 15 is 0 Å². The first-order valence-electron chi connectivity index (χ1n) is 10.5. The lowest BCUT2D eigenvalue weighted by molar-refractivity contribution is -0.137. The number of nitrogens with zero attached hydrogens (tertiary/aromatic N) is 3. The van der Waals surface area contributed by atoms with Gasteiger partial charge in [0.25, 0.3) is 0 Å². The van der Waals surface area contributed by atoms with E-state index < -0.39 is 11.7 Å². The van der Waals surface area contributed by atoms with Gasteiger partial charge in [0, 0.05) is 22.8 Å². The van der Waals surface area contributed by atoms with Gasteiger partial charge in [-0.25, -0.2) is 9.97 Å². The van der Waals surface area contributed by atoms with Gasteiger partial charge in [0.15, 0.2) is 5.82 Å². The van der Waals surface area contributed by atoms with Gasteiger partial charge in [0.2, 0.25) is 0 Å². The minimum Gasteiger partial charge on any atom is -0.371 e. The van der Waals surface area contributed by atoms with Gasteiger partial charge in [-0.1, -0.05) is 12.1 Å². The van der Waals surface area contributed by atoms with Crippen molar-refractivity contribution in [2.24, 2.45) is 0 Å². The van der Waals surface area contributed by atoms with Crippen molar-refractivity contribution in [2.45, 2.75) is 39.7 Å². The highest BCUT2D eigenvalue weighted by Gasteiger charge is 2.30. The van der Waals surface area contributed by atoms with Crippen LogP contribution in [0.2, 0.25) is 0 Å². The number of hydrogen-bond donors (Lipinski definition) is 1. The van der Waals surface area contributed by atoms with Crippen LogP contribution in [0.15, 0.2) is 60.8 Å². The number of anilines is 2. The lowest BCUT2D eigenvalue weighted by Gasteiger charge is -2.14. The molecule has 1 N–H and O–H groups in total. The maximum atomic E-state index is 12.9. The van der Waals surface area contributed by atoms with E-state index in [4.69, 9.17) is 4.74 Å². The molecular weight excluding hydrogens is 429 g/mol. The molecule has 0 radical (unpaired) electrons. The molecule has 33 heavy (non-hydrogen) atoms. The molecule has 2 aromatic heterocycles. The van der Waals surface area contributed by atoms with E-state index in [-0.39, 0.29) is 12.7 Å². The predicted molar refractivity (Wildman–Crippen MR) is 122 cm³/mol. The van der Waals surface area contributed by atoms with E-state index in [1.165, 1.54) is 12.1 Å². The molecule has 4 aromatic rings. The summed E-state index contributed by atoms with van der Waals surface area (Å²) >= 11 is 0. The summed E-state index contributed by atoms with van der Waals surface area (Å²) in [4.78, 5) is 13.7. The number of rotatable bonds is 6. The third-order valence-corrected chi connectivity index (χ3v) is 5.05. The Bertz CT molecular complexity index is 1270. The molecule has 0 aliphatic heterocycles. The summed E-state index contributed by atoms with van der Waals surface area (Å²) in [6.45, 7) is 6.04. The number of fused-ring (bicyclic) bond motifs is 1. The van der Waals surface area contributed by atoms with Crippen molar-refractivity contribution in [1.82, 2.24) is 15.0 Å². The number of nitrogens with one attached hydrogen (secondary N) is 1.